The number of imide groups is 1. The van der Waals surface area contributed by atoms with Gasteiger partial charge in [0, 0.05) is 18.9 Å². The molecule has 0 unspecified atom stereocenters. The van der Waals surface area contributed by atoms with Gasteiger partial charge < -0.3 is 0 Å². The van der Waals surface area contributed by atoms with Gasteiger partial charge in [-0.05, 0) is 12.1 Å². The number of halogens is 6. The van der Waals surface area contributed by atoms with E-state index in [0.717, 1.165) is 0 Å². The summed E-state index contributed by atoms with van der Waals surface area (Å²) in [7, 11) is -13.3. The summed E-state index contributed by atoms with van der Waals surface area (Å²) in [6.07, 6.45) is 0. The van der Waals surface area contributed by atoms with Crippen LogP contribution in [-0.4, -0.2) is 58.5 Å². The van der Waals surface area contributed by atoms with Crippen molar-refractivity contribution in [1.29, 1.82) is 0 Å². The van der Waals surface area contributed by atoms with Crippen molar-refractivity contribution in [3.8, 4) is 0 Å². The molecule has 0 aliphatic carbocycles. The molecule has 1 aliphatic rings. The monoisotopic (exact) mass is 418 g/mol. The van der Waals surface area contributed by atoms with Crippen molar-refractivity contribution in [2.24, 2.45) is 0 Å². The van der Waals surface area contributed by atoms with Crippen molar-refractivity contribution in [3.05, 3.63) is 23.3 Å². The predicted octanol–water partition coefficient (Wildman–Crippen LogP) is 0.776. The summed E-state index contributed by atoms with van der Waals surface area (Å²) in [4.78, 5) is 18.2. The van der Waals surface area contributed by atoms with Crippen LogP contribution in [0.2, 0.25) is 0 Å². The Hall–Kier alpha value is -1.56. The van der Waals surface area contributed by atoms with E-state index in [1.165, 1.54) is 5.32 Å². The summed E-state index contributed by atoms with van der Waals surface area (Å²) in [5, 5.41) is 1.38. The van der Waals surface area contributed by atoms with Gasteiger partial charge in [0.2, 0.25) is 0 Å². The van der Waals surface area contributed by atoms with E-state index in [4.69, 9.17) is 0 Å². The maximum atomic E-state index is 12.8. The first-order chi connectivity index (χ1) is 11.0. The smallest absolute Gasteiger partial charge is 0.288 e. The van der Waals surface area contributed by atoms with Crippen molar-refractivity contribution < 1.29 is 52.8 Å². The minimum atomic E-state index is -6.72. The molecule has 0 fully saturated rings. The van der Waals surface area contributed by atoms with Gasteiger partial charge in [-0.15, -0.1) is 0 Å². The maximum absolute atomic E-state index is 12.8. The minimum absolute atomic E-state index is 0. The van der Waals surface area contributed by atoms with E-state index in [2.05, 4.69) is 0 Å². The molecule has 139 valence electrons. The Balaban J connectivity index is 0.00000338. The van der Waals surface area contributed by atoms with Crippen LogP contribution in [-0.2, 0) is 19.7 Å². The molecule has 1 radical (unpaired) electrons. The third-order valence-corrected chi connectivity index (χ3v) is 6.22. The average Bonchev–Trinajstić information content (AvgIpc) is 2.70. The van der Waals surface area contributed by atoms with Crippen molar-refractivity contribution >= 4 is 50.3 Å². The fraction of sp³-hybridized carbons (Fsp3) is 0.200. The minimum Gasteiger partial charge on any atom is -0.288 e. The van der Waals surface area contributed by atoms with Gasteiger partial charge in [0.1, 0.15) is 4.90 Å². The van der Waals surface area contributed by atoms with Crippen LogP contribution in [0.15, 0.2) is 21.9 Å². The van der Waals surface area contributed by atoms with E-state index in [1.807, 2.05) is 0 Å². The first kappa shape index (κ1) is 22.5. The van der Waals surface area contributed by atoms with Crippen molar-refractivity contribution in [2.75, 3.05) is 0 Å². The summed E-state index contributed by atoms with van der Waals surface area (Å²) >= 11 is 0. The number of sulfone groups is 2. The summed E-state index contributed by atoms with van der Waals surface area (Å²) in [5.74, 6) is -3.17. The van der Waals surface area contributed by atoms with Gasteiger partial charge in [-0.1, -0.05) is 0 Å². The van der Waals surface area contributed by atoms with Crippen LogP contribution in [0.25, 0.3) is 0 Å². The van der Waals surface area contributed by atoms with Gasteiger partial charge in [-0.2, -0.15) is 26.3 Å². The standard InChI is InChI=1S/C10H3F6NO6S2.Li/c11-9(12,13)24(20,21)4-2-1-3-5(8(19)17-7(3)18)6(4)25(22,23)10(14,15)16;/h1-2H,(H,17,18,19);. The van der Waals surface area contributed by atoms with Crippen molar-refractivity contribution in [1.82, 2.24) is 5.32 Å². The topological polar surface area (TPSA) is 114 Å². The van der Waals surface area contributed by atoms with Crippen LogP contribution in [0, 0.1) is 0 Å². The van der Waals surface area contributed by atoms with Gasteiger partial charge in [0.25, 0.3) is 31.5 Å². The predicted molar refractivity (Wildman–Crippen MR) is 70.5 cm³/mol. The third kappa shape index (κ3) is 3.13. The number of carbonyl (C=O) groups excluding carboxylic acids is 2. The molecule has 0 saturated carbocycles. The zero-order valence-corrected chi connectivity index (χ0v) is 13.8. The molecule has 0 bridgehead atoms. The number of rotatable bonds is 2. The molecule has 1 aromatic carbocycles. The largest absolute Gasteiger partial charge is 0.501 e. The Morgan fingerprint density at radius 3 is 1.65 bits per heavy atom. The van der Waals surface area contributed by atoms with E-state index >= 15 is 0 Å². The normalized spacial score (nSPS) is 15.3. The number of alkyl halides is 6. The maximum Gasteiger partial charge on any atom is 0.501 e. The molecule has 16 heteroatoms. The molecule has 26 heavy (non-hydrogen) atoms. The Kier molecular flexibility index (Phi) is 5.41. The van der Waals surface area contributed by atoms with Crippen molar-refractivity contribution in [2.45, 2.75) is 20.8 Å². The van der Waals surface area contributed by atoms with Crippen LogP contribution in [0.5, 0.6) is 0 Å². The van der Waals surface area contributed by atoms with Crippen molar-refractivity contribution in [3.63, 3.8) is 0 Å². The fourth-order valence-electron chi connectivity index (χ4n) is 1.93. The van der Waals surface area contributed by atoms with E-state index in [-0.39, 0.29) is 24.9 Å². The first-order valence-corrected chi connectivity index (χ1v) is 8.65. The van der Waals surface area contributed by atoms with Crippen LogP contribution >= 0.6 is 0 Å². The quantitative estimate of drug-likeness (QED) is 0.431. The molecule has 2 amide bonds. The first-order valence-electron chi connectivity index (χ1n) is 5.69. The molecule has 7 nitrogen and oxygen atoms in total. The molecule has 0 aromatic heterocycles. The van der Waals surface area contributed by atoms with Gasteiger partial charge in [-0.3, -0.25) is 14.9 Å². The van der Waals surface area contributed by atoms with Gasteiger partial charge in [0.15, 0.2) is 0 Å². The second-order valence-corrected chi connectivity index (χ2v) is 8.28. The summed E-state index contributed by atoms with van der Waals surface area (Å²) in [6.45, 7) is 0. The molecular formula is C10H3F6LiNO6S2. The Bertz CT molecular complexity index is 1010. The molecule has 1 aliphatic heterocycles. The molecule has 0 spiro atoms. The van der Waals surface area contributed by atoms with Crippen LogP contribution in [0.1, 0.15) is 20.7 Å². The molecule has 0 saturated heterocycles. The van der Waals surface area contributed by atoms with Crippen LogP contribution < -0.4 is 5.32 Å². The van der Waals surface area contributed by atoms with Gasteiger partial charge in [0.05, 0.1) is 16.0 Å². The number of fused-ring (bicyclic) bond motifs is 1. The zero-order chi connectivity index (χ0) is 19.6. The van der Waals surface area contributed by atoms with Crippen LogP contribution in [0.3, 0.4) is 0 Å². The molecule has 1 N–H and O–H groups in total. The van der Waals surface area contributed by atoms with Gasteiger partial charge in [-0.25, -0.2) is 16.8 Å². The van der Waals surface area contributed by atoms with Gasteiger partial charge >= 0.3 is 11.0 Å². The third-order valence-electron chi connectivity index (χ3n) is 2.99. The number of nitrogens with one attached hydrogen (secondary N) is 1. The number of carbonyl (C=O) groups is 2. The van der Waals surface area contributed by atoms with E-state index in [9.17, 15) is 52.8 Å². The van der Waals surface area contributed by atoms with E-state index < -0.39 is 63.4 Å². The number of hydrogen-bond acceptors (Lipinski definition) is 6. The number of benzene rings is 1. The Morgan fingerprint density at radius 1 is 0.769 bits per heavy atom. The fourth-order valence-corrected chi connectivity index (χ4v) is 4.47. The second kappa shape index (κ2) is 6.25. The molecule has 0 atom stereocenters. The Morgan fingerprint density at radius 2 is 1.23 bits per heavy atom. The summed E-state index contributed by atoms with van der Waals surface area (Å²) < 4.78 is 123. The molecule has 2 rings (SSSR count). The molecular weight excluding hydrogens is 415 g/mol. The molecule has 1 heterocycles. The van der Waals surface area contributed by atoms with E-state index in [0.29, 0.717) is 6.07 Å². The number of amides is 2. The Labute approximate surface area is 152 Å². The average molecular weight is 418 g/mol. The van der Waals surface area contributed by atoms with E-state index in [1.54, 1.807) is 0 Å². The SMILES string of the molecule is O=C1NC(=O)c2c1ccc(S(=O)(=O)C(F)(F)F)c2S(=O)(=O)C(F)(F)F.[Li]. The summed E-state index contributed by atoms with van der Waals surface area (Å²) in [6, 6.07) is 0.183. The zero-order valence-electron chi connectivity index (χ0n) is 12.2. The summed E-state index contributed by atoms with van der Waals surface area (Å²) in [5.41, 5.74) is -15.0. The molecule has 1 aromatic rings. The van der Waals surface area contributed by atoms with Crippen LogP contribution in [0.4, 0.5) is 26.3 Å². The number of hydrogen-bond donors (Lipinski definition) is 1. The second-order valence-electron chi connectivity index (χ2n) is 4.50.